The van der Waals surface area contributed by atoms with Crippen LogP contribution in [-0.4, -0.2) is 23.7 Å². The minimum absolute atomic E-state index is 0. The van der Waals surface area contributed by atoms with Gasteiger partial charge in [0.05, 0.1) is 7.11 Å². The van der Waals surface area contributed by atoms with Crippen LogP contribution >= 0.6 is 12.4 Å². The lowest BCUT2D eigenvalue weighted by Crippen LogP contribution is -2.33. The number of ether oxygens (including phenoxy) is 1. The topological polar surface area (TPSA) is 74.3 Å². The summed E-state index contributed by atoms with van der Waals surface area (Å²) in [5, 5.41) is 0. The van der Waals surface area contributed by atoms with E-state index in [1.807, 2.05) is 30.3 Å². The van der Waals surface area contributed by atoms with Crippen LogP contribution in [0, 0.1) is 0 Å². The zero-order valence-corrected chi connectivity index (χ0v) is 13.3. The van der Waals surface area contributed by atoms with E-state index in [0.717, 1.165) is 11.1 Å². The average molecular weight is 323 g/mol. The number of pyridine rings is 1. The number of halogens is 1. The molecule has 0 radical (unpaired) electrons. The summed E-state index contributed by atoms with van der Waals surface area (Å²) >= 11 is 0. The molecule has 1 unspecified atom stereocenters. The van der Waals surface area contributed by atoms with Crippen molar-refractivity contribution in [2.75, 3.05) is 7.11 Å². The van der Waals surface area contributed by atoms with Crippen molar-refractivity contribution in [3.05, 3.63) is 58.5 Å². The molecule has 22 heavy (non-hydrogen) atoms. The number of esters is 1. The number of nitrogens with two attached hydrogens (primary N) is 1. The molecule has 2 aromatic rings. The lowest BCUT2D eigenvalue weighted by atomic mass is 10.0. The molecule has 2 N–H and O–H groups in total. The van der Waals surface area contributed by atoms with Gasteiger partial charge < -0.3 is 15.0 Å². The van der Waals surface area contributed by atoms with Crippen LogP contribution in [0.5, 0.6) is 0 Å². The van der Waals surface area contributed by atoms with Crippen molar-refractivity contribution in [3.8, 4) is 11.1 Å². The van der Waals surface area contributed by atoms with Crippen LogP contribution in [-0.2, 0) is 23.0 Å². The van der Waals surface area contributed by atoms with Crippen molar-refractivity contribution in [2.24, 2.45) is 12.8 Å². The van der Waals surface area contributed by atoms with Crippen molar-refractivity contribution in [2.45, 2.75) is 12.5 Å². The third-order valence-corrected chi connectivity index (χ3v) is 3.35. The molecule has 0 saturated heterocycles. The van der Waals surface area contributed by atoms with Crippen LogP contribution in [0.25, 0.3) is 11.1 Å². The molecule has 118 valence electrons. The largest absolute Gasteiger partial charge is 0.468 e. The molecule has 1 heterocycles. The summed E-state index contributed by atoms with van der Waals surface area (Å²) in [5.41, 5.74) is 8.08. The number of aromatic nitrogens is 1. The molecule has 2 rings (SSSR count). The molecular formula is C16H19ClN2O3. The second-order valence-corrected chi connectivity index (χ2v) is 4.87. The minimum atomic E-state index is -0.676. The monoisotopic (exact) mass is 322 g/mol. The number of nitrogens with zero attached hydrogens (tertiary/aromatic N) is 1. The van der Waals surface area contributed by atoms with Gasteiger partial charge in [0.25, 0.3) is 5.56 Å². The number of methoxy groups -OCH3 is 1. The van der Waals surface area contributed by atoms with Crippen molar-refractivity contribution >= 4 is 18.4 Å². The van der Waals surface area contributed by atoms with Crippen molar-refractivity contribution in [1.82, 2.24) is 4.57 Å². The quantitative estimate of drug-likeness (QED) is 0.866. The Morgan fingerprint density at radius 3 is 2.50 bits per heavy atom. The first-order chi connectivity index (χ1) is 10.0. The van der Waals surface area contributed by atoms with Gasteiger partial charge in [-0.05, 0) is 29.7 Å². The van der Waals surface area contributed by atoms with E-state index in [1.165, 1.54) is 11.7 Å². The molecule has 0 fully saturated rings. The number of carbonyl (C=O) groups is 1. The molecule has 5 nitrogen and oxygen atoms in total. The van der Waals surface area contributed by atoms with E-state index in [9.17, 15) is 9.59 Å². The van der Waals surface area contributed by atoms with E-state index in [-0.39, 0.29) is 18.0 Å². The molecular weight excluding hydrogens is 304 g/mol. The van der Waals surface area contributed by atoms with Crippen LogP contribution in [0.4, 0.5) is 0 Å². The normalized spacial score (nSPS) is 11.4. The highest BCUT2D eigenvalue weighted by Gasteiger charge is 2.14. The molecule has 0 bridgehead atoms. The van der Waals surface area contributed by atoms with Gasteiger partial charge in [-0.25, -0.2) is 0 Å². The van der Waals surface area contributed by atoms with Crippen molar-refractivity contribution in [3.63, 3.8) is 0 Å². The molecule has 1 atom stereocenters. The standard InChI is InChI=1S/C16H18N2O3.ClH/c1-18-9-3-4-13(15(18)19)12-7-5-11(6-8-12)10-14(17)16(20)21-2;/h3-9,14H,10,17H2,1-2H3;1H. The van der Waals surface area contributed by atoms with Gasteiger partial charge in [0.2, 0.25) is 0 Å². The lowest BCUT2D eigenvalue weighted by molar-refractivity contribution is -0.142. The van der Waals surface area contributed by atoms with Gasteiger partial charge in [-0.15, -0.1) is 12.4 Å². The summed E-state index contributed by atoms with van der Waals surface area (Å²) in [4.78, 5) is 23.3. The molecule has 0 saturated carbocycles. The Hall–Kier alpha value is -2.11. The zero-order valence-electron chi connectivity index (χ0n) is 12.5. The third kappa shape index (κ3) is 3.96. The Morgan fingerprint density at radius 1 is 1.27 bits per heavy atom. The van der Waals surface area contributed by atoms with Crippen molar-refractivity contribution in [1.29, 1.82) is 0 Å². The van der Waals surface area contributed by atoms with Crippen LogP contribution in [0.2, 0.25) is 0 Å². The highest BCUT2D eigenvalue weighted by Crippen LogP contribution is 2.16. The SMILES string of the molecule is COC(=O)C(N)Cc1ccc(-c2cccn(C)c2=O)cc1.Cl. The van der Waals surface area contributed by atoms with Gasteiger partial charge in [-0.2, -0.15) is 0 Å². The fourth-order valence-electron chi connectivity index (χ4n) is 2.13. The van der Waals surface area contributed by atoms with Gasteiger partial charge in [-0.1, -0.05) is 24.3 Å². The average Bonchev–Trinajstić information content (AvgIpc) is 2.50. The maximum Gasteiger partial charge on any atom is 0.322 e. The predicted molar refractivity (Wildman–Crippen MR) is 88.1 cm³/mol. The predicted octanol–water partition coefficient (Wildman–Crippen LogP) is 1.52. The smallest absolute Gasteiger partial charge is 0.322 e. The van der Waals surface area contributed by atoms with Gasteiger partial charge in [0, 0.05) is 18.8 Å². The van der Waals surface area contributed by atoms with Crippen LogP contribution < -0.4 is 11.3 Å². The number of hydrogen-bond acceptors (Lipinski definition) is 4. The van der Waals surface area contributed by atoms with E-state index in [1.54, 1.807) is 19.3 Å². The number of benzene rings is 1. The molecule has 0 aliphatic rings. The Bertz CT molecular complexity index is 695. The zero-order chi connectivity index (χ0) is 15.4. The minimum Gasteiger partial charge on any atom is -0.468 e. The van der Waals surface area contributed by atoms with Crippen LogP contribution in [0.15, 0.2) is 47.4 Å². The highest BCUT2D eigenvalue weighted by molar-refractivity contribution is 5.85. The maximum atomic E-state index is 12.0. The summed E-state index contributed by atoms with van der Waals surface area (Å²) in [6.07, 6.45) is 2.12. The third-order valence-electron chi connectivity index (χ3n) is 3.35. The fraction of sp³-hybridized carbons (Fsp3) is 0.250. The first kappa shape index (κ1) is 17.9. The number of rotatable bonds is 4. The molecule has 0 spiro atoms. The number of hydrogen-bond donors (Lipinski definition) is 1. The Balaban J connectivity index is 0.00000242. The first-order valence-electron chi connectivity index (χ1n) is 6.61. The highest BCUT2D eigenvalue weighted by atomic mass is 35.5. The van der Waals surface area contributed by atoms with Gasteiger partial charge in [0.1, 0.15) is 6.04 Å². The van der Waals surface area contributed by atoms with E-state index < -0.39 is 12.0 Å². The molecule has 1 aromatic heterocycles. The Kier molecular flexibility index (Phi) is 6.34. The van der Waals surface area contributed by atoms with E-state index in [4.69, 9.17) is 5.73 Å². The molecule has 0 aliphatic heterocycles. The van der Waals surface area contributed by atoms with Gasteiger partial charge in [0.15, 0.2) is 0 Å². The number of carbonyl (C=O) groups excluding carboxylic acids is 1. The van der Waals surface area contributed by atoms with Gasteiger partial charge >= 0.3 is 5.97 Å². The Labute approximate surface area is 135 Å². The Morgan fingerprint density at radius 2 is 1.91 bits per heavy atom. The van der Waals surface area contributed by atoms with Gasteiger partial charge in [-0.3, -0.25) is 9.59 Å². The van der Waals surface area contributed by atoms with E-state index in [2.05, 4.69) is 4.74 Å². The second kappa shape index (κ2) is 7.77. The van der Waals surface area contributed by atoms with E-state index >= 15 is 0 Å². The summed E-state index contributed by atoms with van der Waals surface area (Å²) < 4.78 is 6.14. The molecule has 0 amide bonds. The molecule has 0 aliphatic carbocycles. The van der Waals surface area contributed by atoms with Crippen molar-refractivity contribution < 1.29 is 9.53 Å². The van der Waals surface area contributed by atoms with Crippen LogP contribution in [0.1, 0.15) is 5.56 Å². The lowest BCUT2D eigenvalue weighted by Gasteiger charge is -2.10. The second-order valence-electron chi connectivity index (χ2n) is 4.87. The fourth-order valence-corrected chi connectivity index (χ4v) is 2.13. The summed E-state index contributed by atoms with van der Waals surface area (Å²) in [6, 6.07) is 10.4. The summed E-state index contributed by atoms with van der Waals surface area (Å²) in [7, 11) is 3.03. The summed E-state index contributed by atoms with van der Waals surface area (Å²) in [6.45, 7) is 0. The molecule has 1 aromatic carbocycles. The summed E-state index contributed by atoms with van der Waals surface area (Å²) in [5.74, 6) is -0.434. The maximum absolute atomic E-state index is 12.0. The first-order valence-corrected chi connectivity index (χ1v) is 6.61. The van der Waals surface area contributed by atoms with Crippen LogP contribution in [0.3, 0.4) is 0 Å². The molecule has 6 heteroatoms. The van der Waals surface area contributed by atoms with E-state index in [0.29, 0.717) is 12.0 Å². The number of aryl methyl sites for hydroxylation is 1.